The summed E-state index contributed by atoms with van der Waals surface area (Å²) in [4.78, 5) is 17.2. The highest BCUT2D eigenvalue weighted by molar-refractivity contribution is 5.94. The minimum absolute atomic E-state index is 0.0235. The molecule has 2 aromatic rings. The predicted molar refractivity (Wildman–Crippen MR) is 74.7 cm³/mol. The van der Waals surface area contributed by atoms with E-state index < -0.39 is 11.7 Å². The average molecular weight is 290 g/mol. The quantitative estimate of drug-likeness (QED) is 0.937. The Morgan fingerprint density at radius 2 is 2.19 bits per heavy atom. The van der Waals surface area contributed by atoms with Crippen LogP contribution in [-0.2, 0) is 6.54 Å². The highest BCUT2D eigenvalue weighted by Crippen LogP contribution is 2.26. The average Bonchev–Trinajstić information content (AvgIpc) is 2.49. The van der Waals surface area contributed by atoms with E-state index in [2.05, 4.69) is 4.98 Å². The van der Waals surface area contributed by atoms with Gasteiger partial charge >= 0.3 is 0 Å². The Labute approximate surface area is 121 Å². The minimum atomic E-state index is -0.655. The molecule has 1 amide bonds. The van der Waals surface area contributed by atoms with Crippen LogP contribution in [0.3, 0.4) is 0 Å². The topological polar surface area (TPSA) is 62.7 Å². The van der Waals surface area contributed by atoms with Crippen molar-refractivity contribution in [2.24, 2.45) is 0 Å². The molecule has 0 spiro atoms. The summed E-state index contributed by atoms with van der Waals surface area (Å²) in [6, 6.07) is 6.12. The summed E-state index contributed by atoms with van der Waals surface area (Å²) in [5, 5.41) is 9.53. The van der Waals surface area contributed by atoms with Gasteiger partial charge in [0.15, 0.2) is 17.3 Å². The third kappa shape index (κ3) is 3.28. The van der Waals surface area contributed by atoms with Crippen LogP contribution < -0.4 is 4.74 Å². The lowest BCUT2D eigenvalue weighted by Crippen LogP contribution is -2.27. The van der Waals surface area contributed by atoms with Crippen LogP contribution in [0.15, 0.2) is 36.7 Å². The smallest absolute Gasteiger partial charge is 0.256 e. The van der Waals surface area contributed by atoms with Crippen molar-refractivity contribution in [1.29, 1.82) is 0 Å². The molecule has 0 saturated heterocycles. The van der Waals surface area contributed by atoms with Gasteiger partial charge in [-0.1, -0.05) is 6.07 Å². The van der Waals surface area contributed by atoms with Gasteiger partial charge in [0.2, 0.25) is 0 Å². The van der Waals surface area contributed by atoms with E-state index in [1.165, 1.54) is 30.3 Å². The zero-order chi connectivity index (χ0) is 15.4. The molecule has 5 nitrogen and oxygen atoms in total. The standard InChI is InChI=1S/C15H15FN2O3/c1-18(15(20)11-5-6-17-8-12(11)16)9-10-3-4-13(19)14(7-10)21-2/h3-8,19H,9H2,1-2H3. The molecule has 1 aromatic carbocycles. The molecule has 0 saturated carbocycles. The maximum atomic E-state index is 13.5. The van der Waals surface area contributed by atoms with Gasteiger partial charge in [0.25, 0.3) is 5.91 Å². The second-order valence-corrected chi connectivity index (χ2v) is 4.52. The molecule has 0 atom stereocenters. The number of amides is 1. The highest BCUT2D eigenvalue weighted by atomic mass is 19.1. The Bertz CT molecular complexity index is 661. The number of aromatic nitrogens is 1. The summed E-state index contributed by atoms with van der Waals surface area (Å²) < 4.78 is 18.6. The first-order chi connectivity index (χ1) is 10.0. The number of carbonyl (C=O) groups excluding carboxylic acids is 1. The van der Waals surface area contributed by atoms with Crippen molar-refractivity contribution in [2.45, 2.75) is 6.54 Å². The van der Waals surface area contributed by atoms with Gasteiger partial charge < -0.3 is 14.7 Å². The fourth-order valence-electron chi connectivity index (χ4n) is 1.92. The molecule has 0 aliphatic rings. The molecule has 0 fully saturated rings. The van der Waals surface area contributed by atoms with Crippen molar-refractivity contribution in [1.82, 2.24) is 9.88 Å². The van der Waals surface area contributed by atoms with Crippen LogP contribution in [0, 0.1) is 5.82 Å². The molecular weight excluding hydrogens is 275 g/mol. The summed E-state index contributed by atoms with van der Waals surface area (Å²) in [6.07, 6.45) is 2.37. The number of phenolic OH excluding ortho intramolecular Hbond substituents is 1. The Morgan fingerprint density at radius 1 is 1.43 bits per heavy atom. The molecule has 110 valence electrons. The number of methoxy groups -OCH3 is 1. The van der Waals surface area contributed by atoms with Gasteiger partial charge in [0.1, 0.15) is 0 Å². The number of halogens is 1. The van der Waals surface area contributed by atoms with Gasteiger partial charge in [-0.25, -0.2) is 4.39 Å². The van der Waals surface area contributed by atoms with Gasteiger partial charge in [-0.15, -0.1) is 0 Å². The van der Waals surface area contributed by atoms with E-state index in [-0.39, 0.29) is 17.9 Å². The van der Waals surface area contributed by atoms with Crippen molar-refractivity contribution in [2.75, 3.05) is 14.2 Å². The number of nitrogens with zero attached hydrogens (tertiary/aromatic N) is 2. The monoisotopic (exact) mass is 290 g/mol. The molecule has 0 aliphatic carbocycles. The highest BCUT2D eigenvalue weighted by Gasteiger charge is 2.16. The number of hydrogen-bond acceptors (Lipinski definition) is 4. The maximum absolute atomic E-state index is 13.5. The van der Waals surface area contributed by atoms with E-state index in [1.807, 2.05) is 0 Å². The fraction of sp³-hybridized carbons (Fsp3) is 0.200. The lowest BCUT2D eigenvalue weighted by atomic mass is 10.1. The van der Waals surface area contributed by atoms with Crippen LogP contribution in [0.5, 0.6) is 11.5 Å². The summed E-state index contributed by atoms with van der Waals surface area (Å²) in [5.41, 5.74) is 0.730. The van der Waals surface area contributed by atoms with Crippen LogP contribution in [0.4, 0.5) is 4.39 Å². The molecule has 1 heterocycles. The van der Waals surface area contributed by atoms with E-state index in [0.29, 0.717) is 5.75 Å². The van der Waals surface area contributed by atoms with Crippen LogP contribution in [0.25, 0.3) is 0 Å². The van der Waals surface area contributed by atoms with Crippen LogP contribution in [0.1, 0.15) is 15.9 Å². The number of phenols is 1. The van der Waals surface area contributed by atoms with E-state index in [9.17, 15) is 14.3 Å². The van der Waals surface area contributed by atoms with Crippen molar-refractivity contribution < 1.29 is 19.0 Å². The van der Waals surface area contributed by atoms with Gasteiger partial charge in [0, 0.05) is 19.8 Å². The maximum Gasteiger partial charge on any atom is 0.256 e. The molecule has 0 aliphatic heterocycles. The molecule has 1 aromatic heterocycles. The number of rotatable bonds is 4. The number of ether oxygens (including phenoxy) is 1. The van der Waals surface area contributed by atoms with E-state index in [4.69, 9.17) is 4.74 Å². The summed E-state index contributed by atoms with van der Waals surface area (Å²) >= 11 is 0. The van der Waals surface area contributed by atoms with E-state index >= 15 is 0 Å². The second kappa shape index (κ2) is 6.21. The molecule has 0 radical (unpaired) electrons. The largest absolute Gasteiger partial charge is 0.504 e. The predicted octanol–water partition coefficient (Wildman–Crippen LogP) is 2.21. The van der Waals surface area contributed by atoms with Crippen molar-refractivity contribution >= 4 is 5.91 Å². The van der Waals surface area contributed by atoms with Gasteiger partial charge in [-0.2, -0.15) is 0 Å². The molecule has 6 heteroatoms. The molecule has 2 rings (SSSR count). The number of benzene rings is 1. The Balaban J connectivity index is 2.16. The third-order valence-corrected chi connectivity index (χ3v) is 3.01. The zero-order valence-corrected chi connectivity index (χ0v) is 11.7. The van der Waals surface area contributed by atoms with E-state index in [0.717, 1.165) is 11.8 Å². The van der Waals surface area contributed by atoms with Crippen LogP contribution in [0.2, 0.25) is 0 Å². The second-order valence-electron chi connectivity index (χ2n) is 4.52. The molecule has 21 heavy (non-hydrogen) atoms. The normalized spacial score (nSPS) is 10.2. The van der Waals surface area contributed by atoms with Crippen molar-refractivity contribution in [3.8, 4) is 11.5 Å². The van der Waals surface area contributed by atoms with Gasteiger partial charge in [0.05, 0.1) is 18.9 Å². The molecule has 0 unspecified atom stereocenters. The van der Waals surface area contributed by atoms with Crippen molar-refractivity contribution in [3.63, 3.8) is 0 Å². The first kappa shape index (κ1) is 14.8. The molecule has 1 N–H and O–H groups in total. The van der Waals surface area contributed by atoms with Crippen LogP contribution >= 0.6 is 0 Å². The van der Waals surface area contributed by atoms with Crippen LogP contribution in [-0.4, -0.2) is 35.1 Å². The van der Waals surface area contributed by atoms with Gasteiger partial charge in [-0.3, -0.25) is 9.78 Å². The first-order valence-corrected chi connectivity index (χ1v) is 6.23. The van der Waals surface area contributed by atoms with Gasteiger partial charge in [-0.05, 0) is 23.8 Å². The first-order valence-electron chi connectivity index (χ1n) is 6.23. The molecule has 0 bridgehead atoms. The minimum Gasteiger partial charge on any atom is -0.504 e. The molecular formula is C15H15FN2O3. The number of hydrogen-bond donors (Lipinski definition) is 1. The summed E-state index contributed by atoms with van der Waals surface area (Å²) in [5.74, 6) is -0.751. The lowest BCUT2D eigenvalue weighted by molar-refractivity contribution is 0.0780. The zero-order valence-electron chi connectivity index (χ0n) is 11.7. The Morgan fingerprint density at radius 3 is 2.86 bits per heavy atom. The SMILES string of the molecule is COc1cc(CN(C)C(=O)c2ccncc2F)ccc1O. The fourth-order valence-corrected chi connectivity index (χ4v) is 1.92. The Kier molecular flexibility index (Phi) is 4.37. The summed E-state index contributed by atoms with van der Waals surface area (Å²) in [7, 11) is 3.02. The number of aromatic hydroxyl groups is 1. The van der Waals surface area contributed by atoms with E-state index in [1.54, 1.807) is 19.2 Å². The number of pyridine rings is 1. The summed E-state index contributed by atoms with van der Waals surface area (Å²) in [6.45, 7) is 0.261. The number of carbonyl (C=O) groups is 1. The van der Waals surface area contributed by atoms with Crippen molar-refractivity contribution in [3.05, 3.63) is 53.6 Å². The Hall–Kier alpha value is -2.63. The lowest BCUT2D eigenvalue weighted by Gasteiger charge is -2.18. The third-order valence-electron chi connectivity index (χ3n) is 3.01.